The van der Waals surface area contributed by atoms with E-state index in [9.17, 15) is 4.79 Å². The molecule has 0 unspecified atom stereocenters. The number of carbonyl (C=O) groups excluding carboxylic acids is 1. The molecule has 0 saturated carbocycles. The zero-order valence-corrected chi connectivity index (χ0v) is 19.3. The maximum absolute atomic E-state index is 12.5. The van der Waals surface area contributed by atoms with Gasteiger partial charge >= 0.3 is 0 Å². The Labute approximate surface area is 188 Å². The lowest BCUT2D eigenvalue weighted by Gasteiger charge is -2.10. The molecule has 6 heteroatoms. The first-order valence-corrected chi connectivity index (χ1v) is 11.1. The highest BCUT2D eigenvalue weighted by Gasteiger charge is 2.24. The fraction of sp³-hybridized carbons (Fsp3) is 0.130. The topological polar surface area (TPSA) is 46.4 Å². The minimum Gasteiger partial charge on any atom is -0.318 e. The van der Waals surface area contributed by atoms with Gasteiger partial charge in [0.2, 0.25) is 0 Å². The molecule has 2 aromatic carbocycles. The average Bonchev–Trinajstić information content (AvgIpc) is 3.16. The molecule has 2 heterocycles. The Balaban J connectivity index is 1.64. The van der Waals surface area contributed by atoms with Crippen molar-refractivity contribution in [1.82, 2.24) is 9.88 Å². The first-order chi connectivity index (χ1) is 13.9. The number of aromatic nitrogens is 1. The first kappa shape index (κ1) is 20.0. The Morgan fingerprint density at radius 3 is 2.55 bits per heavy atom. The van der Waals surface area contributed by atoms with Crippen molar-refractivity contribution in [2.45, 2.75) is 20.8 Å². The smallest absolute Gasteiger partial charge is 0.264 e. The molecule has 0 radical (unpaired) electrons. The average molecular weight is 513 g/mol. The summed E-state index contributed by atoms with van der Waals surface area (Å²) in [5.74, 6) is -0.111. The van der Waals surface area contributed by atoms with Gasteiger partial charge in [-0.1, -0.05) is 23.8 Å². The molecule has 1 amide bonds. The molecular formula is C23H20IN3OS. The van der Waals surface area contributed by atoms with E-state index in [0.717, 1.165) is 28.3 Å². The molecule has 3 aromatic rings. The van der Waals surface area contributed by atoms with Crippen molar-refractivity contribution in [3.8, 4) is 5.69 Å². The second kappa shape index (κ2) is 8.20. The van der Waals surface area contributed by atoms with E-state index in [0.29, 0.717) is 10.1 Å². The van der Waals surface area contributed by atoms with Crippen molar-refractivity contribution in [3.63, 3.8) is 0 Å². The Morgan fingerprint density at radius 2 is 1.83 bits per heavy atom. The van der Waals surface area contributed by atoms with E-state index >= 15 is 0 Å². The van der Waals surface area contributed by atoms with Crippen LogP contribution in [0.1, 0.15) is 22.5 Å². The van der Waals surface area contributed by atoms with Gasteiger partial charge in [0, 0.05) is 20.6 Å². The molecule has 1 aliphatic heterocycles. The first-order valence-electron chi connectivity index (χ1n) is 9.22. The maximum atomic E-state index is 12.5. The largest absolute Gasteiger partial charge is 0.318 e. The number of amidine groups is 1. The van der Waals surface area contributed by atoms with E-state index in [1.165, 1.54) is 20.9 Å². The number of benzene rings is 2. The number of rotatable bonds is 3. The SMILES string of the molecule is Cc1ccc(N=C2NC(=O)/C(=C\c3cc(C)n(-c4cccc(I)c4)c3C)S2)cc1. The maximum Gasteiger partial charge on any atom is 0.264 e. The number of thioether (sulfide) groups is 1. The van der Waals surface area contributed by atoms with Crippen LogP contribution in [0.3, 0.4) is 0 Å². The van der Waals surface area contributed by atoms with Crippen LogP contribution < -0.4 is 5.32 Å². The molecule has 0 spiro atoms. The summed E-state index contributed by atoms with van der Waals surface area (Å²) < 4.78 is 3.41. The van der Waals surface area contributed by atoms with Crippen LogP contribution in [0.5, 0.6) is 0 Å². The number of amides is 1. The van der Waals surface area contributed by atoms with Crippen LogP contribution in [-0.2, 0) is 4.79 Å². The van der Waals surface area contributed by atoms with Crippen molar-refractivity contribution in [3.05, 3.63) is 85.6 Å². The quantitative estimate of drug-likeness (QED) is 0.350. The van der Waals surface area contributed by atoms with Gasteiger partial charge in [-0.15, -0.1) is 0 Å². The van der Waals surface area contributed by atoms with E-state index in [1.807, 2.05) is 37.3 Å². The predicted octanol–water partition coefficient (Wildman–Crippen LogP) is 5.90. The molecule has 1 fully saturated rings. The summed E-state index contributed by atoms with van der Waals surface area (Å²) in [6.07, 6.45) is 1.95. The Hall–Kier alpha value is -2.32. The molecule has 1 N–H and O–H groups in total. The molecule has 1 aliphatic rings. The lowest BCUT2D eigenvalue weighted by Crippen LogP contribution is -2.19. The lowest BCUT2D eigenvalue weighted by molar-refractivity contribution is -0.115. The van der Waals surface area contributed by atoms with Crippen LogP contribution in [0.2, 0.25) is 0 Å². The van der Waals surface area contributed by atoms with E-state index in [-0.39, 0.29) is 5.91 Å². The number of aliphatic imine (C=N–C) groups is 1. The minimum absolute atomic E-state index is 0.111. The molecule has 0 aliphatic carbocycles. The zero-order chi connectivity index (χ0) is 20.5. The van der Waals surface area contributed by atoms with Crippen molar-refractivity contribution >= 4 is 57.2 Å². The summed E-state index contributed by atoms with van der Waals surface area (Å²) in [7, 11) is 0. The molecule has 4 nitrogen and oxygen atoms in total. The fourth-order valence-corrected chi connectivity index (χ4v) is 4.66. The number of hydrogen-bond acceptors (Lipinski definition) is 3. The third-order valence-electron chi connectivity index (χ3n) is 4.74. The normalized spacial score (nSPS) is 16.6. The van der Waals surface area contributed by atoms with E-state index < -0.39 is 0 Å². The van der Waals surface area contributed by atoms with Crippen LogP contribution in [0.4, 0.5) is 5.69 Å². The van der Waals surface area contributed by atoms with Gasteiger partial charge < -0.3 is 9.88 Å². The van der Waals surface area contributed by atoms with E-state index in [1.54, 1.807) is 0 Å². The molecule has 1 aromatic heterocycles. The van der Waals surface area contributed by atoms with Crippen LogP contribution >= 0.6 is 34.4 Å². The summed E-state index contributed by atoms with van der Waals surface area (Å²) in [6, 6.07) is 18.4. The number of nitrogens with zero attached hydrogens (tertiary/aromatic N) is 2. The summed E-state index contributed by atoms with van der Waals surface area (Å²) in [6.45, 7) is 6.20. The fourth-order valence-electron chi connectivity index (χ4n) is 3.30. The molecule has 1 saturated heterocycles. The van der Waals surface area contributed by atoms with Crippen molar-refractivity contribution in [2.75, 3.05) is 0 Å². The Morgan fingerprint density at radius 1 is 1.07 bits per heavy atom. The van der Waals surface area contributed by atoms with Crippen LogP contribution in [0.25, 0.3) is 11.8 Å². The third kappa shape index (κ3) is 4.33. The number of nitrogens with one attached hydrogen (secondary N) is 1. The van der Waals surface area contributed by atoms with E-state index in [4.69, 9.17) is 0 Å². The predicted molar refractivity (Wildman–Crippen MR) is 130 cm³/mol. The lowest BCUT2D eigenvalue weighted by atomic mass is 10.2. The second-order valence-corrected chi connectivity index (χ2v) is 9.24. The van der Waals surface area contributed by atoms with Crippen LogP contribution in [0.15, 0.2) is 64.5 Å². The minimum atomic E-state index is -0.111. The van der Waals surface area contributed by atoms with Gasteiger partial charge in [0.1, 0.15) is 0 Å². The molecule has 146 valence electrons. The second-order valence-electron chi connectivity index (χ2n) is 6.96. The molecule has 0 atom stereocenters. The third-order valence-corrected chi connectivity index (χ3v) is 6.32. The summed E-state index contributed by atoms with van der Waals surface area (Å²) in [5, 5.41) is 3.47. The van der Waals surface area contributed by atoms with Gasteiger partial charge in [0.05, 0.1) is 10.6 Å². The number of aryl methyl sites for hydroxylation is 2. The summed E-state index contributed by atoms with van der Waals surface area (Å²) in [4.78, 5) is 17.7. The van der Waals surface area contributed by atoms with Crippen molar-refractivity contribution in [1.29, 1.82) is 0 Å². The molecule has 0 bridgehead atoms. The van der Waals surface area contributed by atoms with Gasteiger partial charge in [-0.3, -0.25) is 4.79 Å². The Bertz CT molecular complexity index is 1160. The van der Waals surface area contributed by atoms with E-state index in [2.05, 4.69) is 81.6 Å². The van der Waals surface area contributed by atoms with Gasteiger partial charge in [-0.2, -0.15) is 0 Å². The van der Waals surface area contributed by atoms with Crippen LogP contribution in [0, 0.1) is 24.3 Å². The van der Waals surface area contributed by atoms with Crippen molar-refractivity contribution in [2.24, 2.45) is 4.99 Å². The van der Waals surface area contributed by atoms with Crippen LogP contribution in [-0.4, -0.2) is 15.6 Å². The highest BCUT2D eigenvalue weighted by Crippen LogP contribution is 2.30. The number of carbonyl (C=O) groups is 1. The molecule has 29 heavy (non-hydrogen) atoms. The highest BCUT2D eigenvalue weighted by atomic mass is 127. The number of hydrogen-bond donors (Lipinski definition) is 1. The van der Waals surface area contributed by atoms with Gasteiger partial charge in [0.25, 0.3) is 5.91 Å². The molecular weight excluding hydrogens is 493 g/mol. The van der Waals surface area contributed by atoms with Gasteiger partial charge in [0.15, 0.2) is 5.17 Å². The highest BCUT2D eigenvalue weighted by molar-refractivity contribution is 14.1. The Kier molecular flexibility index (Phi) is 5.65. The number of halogens is 1. The standard InChI is InChI=1S/C23H20IN3OS/c1-14-7-9-19(10-8-14)25-23-26-22(28)21(29-23)12-17-11-15(2)27(16(17)3)20-6-4-5-18(24)13-20/h4-13H,1-3H3,(H,25,26,28)/b21-12+. The van der Waals surface area contributed by atoms with Gasteiger partial charge in [-0.25, -0.2) is 4.99 Å². The summed E-state index contributed by atoms with van der Waals surface area (Å²) in [5.41, 5.74) is 6.41. The summed E-state index contributed by atoms with van der Waals surface area (Å²) >= 11 is 3.70. The molecule has 4 rings (SSSR count). The monoisotopic (exact) mass is 513 g/mol. The van der Waals surface area contributed by atoms with Gasteiger partial charge in [-0.05, 0) is 103 Å². The van der Waals surface area contributed by atoms with Crippen molar-refractivity contribution < 1.29 is 4.79 Å². The zero-order valence-electron chi connectivity index (χ0n) is 16.4.